The molecular formula is C20H14F3NO2. The fourth-order valence-electron chi connectivity index (χ4n) is 2.24. The van der Waals surface area contributed by atoms with Crippen LogP contribution < -0.4 is 10.1 Å². The van der Waals surface area contributed by atoms with E-state index < -0.39 is 17.6 Å². The van der Waals surface area contributed by atoms with Gasteiger partial charge in [0, 0.05) is 11.3 Å². The Kier molecular flexibility index (Phi) is 4.93. The van der Waals surface area contributed by atoms with Crippen molar-refractivity contribution in [2.24, 2.45) is 0 Å². The lowest BCUT2D eigenvalue weighted by molar-refractivity contribution is -0.137. The number of alkyl halides is 3. The van der Waals surface area contributed by atoms with Crippen molar-refractivity contribution in [3.05, 3.63) is 90.0 Å². The Morgan fingerprint density at radius 2 is 1.35 bits per heavy atom. The van der Waals surface area contributed by atoms with E-state index in [2.05, 4.69) is 5.32 Å². The monoisotopic (exact) mass is 357 g/mol. The van der Waals surface area contributed by atoms with E-state index in [-0.39, 0.29) is 5.56 Å². The predicted molar refractivity (Wildman–Crippen MR) is 92.4 cm³/mol. The van der Waals surface area contributed by atoms with E-state index in [1.54, 1.807) is 24.3 Å². The van der Waals surface area contributed by atoms with Crippen LogP contribution in [-0.4, -0.2) is 5.91 Å². The van der Waals surface area contributed by atoms with E-state index in [1.165, 1.54) is 0 Å². The van der Waals surface area contributed by atoms with E-state index in [9.17, 15) is 18.0 Å². The van der Waals surface area contributed by atoms with Gasteiger partial charge in [0.15, 0.2) is 0 Å². The van der Waals surface area contributed by atoms with Gasteiger partial charge in [0.05, 0.1) is 5.56 Å². The van der Waals surface area contributed by atoms with E-state index >= 15 is 0 Å². The van der Waals surface area contributed by atoms with Gasteiger partial charge < -0.3 is 10.1 Å². The third kappa shape index (κ3) is 4.42. The number of nitrogens with one attached hydrogen (secondary N) is 1. The average Bonchev–Trinajstić information content (AvgIpc) is 2.63. The smallest absolute Gasteiger partial charge is 0.416 e. The number of halogens is 3. The van der Waals surface area contributed by atoms with Gasteiger partial charge in [-0.1, -0.05) is 18.2 Å². The van der Waals surface area contributed by atoms with Crippen molar-refractivity contribution >= 4 is 11.6 Å². The maximum atomic E-state index is 12.5. The molecule has 1 amide bonds. The summed E-state index contributed by atoms with van der Waals surface area (Å²) in [4.78, 5) is 12.1. The van der Waals surface area contributed by atoms with Gasteiger partial charge in [-0.3, -0.25) is 4.79 Å². The van der Waals surface area contributed by atoms with Gasteiger partial charge in [0.2, 0.25) is 0 Å². The molecule has 0 spiro atoms. The van der Waals surface area contributed by atoms with E-state index in [4.69, 9.17) is 4.74 Å². The molecule has 6 heteroatoms. The topological polar surface area (TPSA) is 38.3 Å². The molecule has 1 N–H and O–H groups in total. The van der Waals surface area contributed by atoms with Crippen LogP contribution >= 0.6 is 0 Å². The lowest BCUT2D eigenvalue weighted by Gasteiger charge is -2.09. The molecule has 0 bridgehead atoms. The first kappa shape index (κ1) is 17.5. The fourth-order valence-corrected chi connectivity index (χ4v) is 2.24. The molecule has 3 aromatic rings. The largest absolute Gasteiger partial charge is 0.457 e. The number of hydrogen-bond acceptors (Lipinski definition) is 2. The number of rotatable bonds is 4. The zero-order chi connectivity index (χ0) is 18.6. The van der Waals surface area contributed by atoms with Crippen molar-refractivity contribution in [2.45, 2.75) is 6.18 Å². The Hall–Kier alpha value is -3.28. The number of anilines is 1. The standard InChI is InChI=1S/C20H14F3NO2/c21-20(22,23)15-8-6-14(7-9-15)19(25)24-16-10-12-18(13-11-16)26-17-4-2-1-3-5-17/h1-13H,(H,24,25). The first-order valence-corrected chi connectivity index (χ1v) is 7.73. The summed E-state index contributed by atoms with van der Waals surface area (Å²) < 4.78 is 43.3. The lowest BCUT2D eigenvalue weighted by Crippen LogP contribution is -2.12. The molecule has 0 saturated carbocycles. The number of para-hydroxylation sites is 1. The van der Waals surface area contributed by atoms with E-state index in [0.29, 0.717) is 17.2 Å². The zero-order valence-corrected chi connectivity index (χ0v) is 13.5. The molecular weight excluding hydrogens is 343 g/mol. The summed E-state index contributed by atoms with van der Waals surface area (Å²) in [6, 6.07) is 20.0. The van der Waals surface area contributed by atoms with Crippen LogP contribution in [-0.2, 0) is 6.18 Å². The van der Waals surface area contributed by atoms with E-state index in [0.717, 1.165) is 24.3 Å². The molecule has 3 nitrogen and oxygen atoms in total. The minimum atomic E-state index is -4.43. The lowest BCUT2D eigenvalue weighted by atomic mass is 10.1. The van der Waals surface area contributed by atoms with Crippen LogP contribution in [0.25, 0.3) is 0 Å². The van der Waals surface area contributed by atoms with Gasteiger partial charge in [-0.15, -0.1) is 0 Å². The first-order chi connectivity index (χ1) is 12.4. The van der Waals surface area contributed by atoms with Crippen molar-refractivity contribution in [3.8, 4) is 11.5 Å². The summed E-state index contributed by atoms with van der Waals surface area (Å²) in [5.74, 6) is 0.799. The number of ether oxygens (including phenoxy) is 1. The second-order valence-electron chi connectivity index (χ2n) is 5.47. The molecule has 0 heterocycles. The SMILES string of the molecule is O=C(Nc1ccc(Oc2ccccc2)cc1)c1ccc(C(F)(F)F)cc1. The van der Waals surface area contributed by atoms with Crippen LogP contribution in [0.5, 0.6) is 11.5 Å². The zero-order valence-electron chi connectivity index (χ0n) is 13.5. The van der Waals surface area contributed by atoms with Crippen LogP contribution in [0, 0.1) is 0 Å². The highest BCUT2D eigenvalue weighted by Crippen LogP contribution is 2.29. The third-order valence-corrected chi connectivity index (χ3v) is 3.57. The normalized spacial score (nSPS) is 11.0. The summed E-state index contributed by atoms with van der Waals surface area (Å²) >= 11 is 0. The first-order valence-electron chi connectivity index (χ1n) is 7.73. The highest BCUT2D eigenvalue weighted by molar-refractivity contribution is 6.04. The Balaban J connectivity index is 1.64. The number of carbonyl (C=O) groups is 1. The number of carbonyl (C=O) groups excluding carboxylic acids is 1. The molecule has 0 radical (unpaired) electrons. The Bertz CT molecular complexity index is 874. The second kappa shape index (κ2) is 7.31. The average molecular weight is 357 g/mol. The molecule has 0 aromatic heterocycles. The van der Waals surface area contributed by atoms with Crippen LogP contribution in [0.3, 0.4) is 0 Å². The van der Waals surface area contributed by atoms with Crippen LogP contribution in [0.2, 0.25) is 0 Å². The summed E-state index contributed by atoms with van der Waals surface area (Å²) in [5, 5.41) is 2.63. The Labute approximate surface area is 148 Å². The molecule has 0 atom stereocenters. The predicted octanol–water partition coefficient (Wildman–Crippen LogP) is 5.75. The van der Waals surface area contributed by atoms with Gasteiger partial charge in [-0.25, -0.2) is 0 Å². The molecule has 3 aromatic carbocycles. The van der Waals surface area contributed by atoms with Gasteiger partial charge in [-0.05, 0) is 60.7 Å². The molecule has 0 fully saturated rings. The highest BCUT2D eigenvalue weighted by atomic mass is 19.4. The van der Waals surface area contributed by atoms with Gasteiger partial charge >= 0.3 is 6.18 Å². The molecule has 0 saturated heterocycles. The molecule has 26 heavy (non-hydrogen) atoms. The van der Waals surface area contributed by atoms with Crippen LogP contribution in [0.15, 0.2) is 78.9 Å². The van der Waals surface area contributed by atoms with Crippen molar-refractivity contribution < 1.29 is 22.7 Å². The van der Waals surface area contributed by atoms with Crippen molar-refractivity contribution in [1.29, 1.82) is 0 Å². The van der Waals surface area contributed by atoms with E-state index in [1.807, 2.05) is 30.3 Å². The van der Waals surface area contributed by atoms with Crippen LogP contribution in [0.4, 0.5) is 18.9 Å². The maximum Gasteiger partial charge on any atom is 0.416 e. The summed E-state index contributed by atoms with van der Waals surface area (Å²) in [6.45, 7) is 0. The minimum absolute atomic E-state index is 0.141. The van der Waals surface area contributed by atoms with Gasteiger partial charge in [0.25, 0.3) is 5.91 Å². The number of amides is 1. The van der Waals surface area contributed by atoms with Gasteiger partial charge in [0.1, 0.15) is 11.5 Å². The molecule has 0 aliphatic rings. The number of hydrogen-bond donors (Lipinski definition) is 1. The quantitative estimate of drug-likeness (QED) is 0.646. The Morgan fingerprint density at radius 1 is 0.769 bits per heavy atom. The molecule has 0 unspecified atom stereocenters. The number of benzene rings is 3. The Morgan fingerprint density at radius 3 is 1.92 bits per heavy atom. The molecule has 3 rings (SSSR count). The summed E-state index contributed by atoms with van der Waals surface area (Å²) in [5.41, 5.74) is -0.144. The fraction of sp³-hybridized carbons (Fsp3) is 0.0500. The maximum absolute atomic E-state index is 12.5. The van der Waals surface area contributed by atoms with Crippen molar-refractivity contribution in [2.75, 3.05) is 5.32 Å². The van der Waals surface area contributed by atoms with Gasteiger partial charge in [-0.2, -0.15) is 13.2 Å². The second-order valence-corrected chi connectivity index (χ2v) is 5.47. The molecule has 0 aliphatic carbocycles. The summed E-state index contributed by atoms with van der Waals surface area (Å²) in [7, 11) is 0. The van der Waals surface area contributed by atoms with Crippen LogP contribution in [0.1, 0.15) is 15.9 Å². The highest BCUT2D eigenvalue weighted by Gasteiger charge is 2.30. The molecule has 0 aliphatic heterocycles. The van der Waals surface area contributed by atoms with Crippen molar-refractivity contribution in [1.82, 2.24) is 0 Å². The van der Waals surface area contributed by atoms with Crippen molar-refractivity contribution in [3.63, 3.8) is 0 Å². The third-order valence-electron chi connectivity index (χ3n) is 3.57. The summed E-state index contributed by atoms with van der Waals surface area (Å²) in [6.07, 6.45) is -4.43. The molecule has 132 valence electrons. The minimum Gasteiger partial charge on any atom is -0.457 e.